The molecule has 0 atom stereocenters. The molecule has 106 valence electrons. The summed E-state index contributed by atoms with van der Waals surface area (Å²) >= 11 is 0. The molecule has 1 aliphatic carbocycles. The lowest BCUT2D eigenvalue weighted by Gasteiger charge is -2.34. The number of hydrogen-bond donors (Lipinski definition) is 1. The smallest absolute Gasteiger partial charge is 0.314 e. The lowest BCUT2D eigenvalue weighted by molar-refractivity contribution is -0.145. The number of fused-ring (bicyclic) bond motifs is 1. The largest absolute Gasteiger partial charge is 0.481 e. The van der Waals surface area contributed by atoms with Crippen LogP contribution in [0.15, 0.2) is 24.4 Å². The van der Waals surface area contributed by atoms with E-state index in [0.29, 0.717) is 23.8 Å². The maximum Gasteiger partial charge on any atom is 0.314 e. The Morgan fingerprint density at radius 2 is 1.95 bits per heavy atom. The number of aliphatic carboxylic acids is 1. The SMILES string of the molecule is Cn1ccc2c(F)c(C3(C(=O)O)CCCCC3)ccc21. The van der Waals surface area contributed by atoms with Crippen molar-refractivity contribution in [1.82, 2.24) is 4.57 Å². The van der Waals surface area contributed by atoms with E-state index in [1.54, 1.807) is 18.3 Å². The zero-order chi connectivity index (χ0) is 14.3. The molecule has 1 aliphatic rings. The van der Waals surface area contributed by atoms with Gasteiger partial charge >= 0.3 is 5.97 Å². The lowest BCUT2D eigenvalue weighted by atomic mass is 9.69. The molecule has 0 radical (unpaired) electrons. The Hall–Kier alpha value is -1.84. The Morgan fingerprint density at radius 1 is 1.25 bits per heavy atom. The van der Waals surface area contributed by atoms with Crippen LogP contribution in [-0.4, -0.2) is 15.6 Å². The first-order valence-electron chi connectivity index (χ1n) is 7.04. The molecule has 2 aromatic rings. The molecule has 1 heterocycles. The van der Waals surface area contributed by atoms with Crippen molar-refractivity contribution in [1.29, 1.82) is 0 Å². The van der Waals surface area contributed by atoms with Crippen molar-refractivity contribution in [3.8, 4) is 0 Å². The van der Waals surface area contributed by atoms with Crippen LogP contribution in [0.25, 0.3) is 10.9 Å². The van der Waals surface area contributed by atoms with Crippen molar-refractivity contribution in [2.75, 3.05) is 0 Å². The van der Waals surface area contributed by atoms with Gasteiger partial charge in [0.15, 0.2) is 0 Å². The van der Waals surface area contributed by atoms with Crippen molar-refractivity contribution >= 4 is 16.9 Å². The normalized spacial score (nSPS) is 18.3. The summed E-state index contributed by atoms with van der Waals surface area (Å²) in [5.41, 5.74) is 0.0952. The van der Waals surface area contributed by atoms with E-state index in [-0.39, 0.29) is 5.82 Å². The van der Waals surface area contributed by atoms with Gasteiger partial charge in [-0.25, -0.2) is 4.39 Å². The number of rotatable bonds is 2. The highest BCUT2D eigenvalue weighted by Gasteiger charge is 2.43. The summed E-state index contributed by atoms with van der Waals surface area (Å²) in [6, 6.07) is 5.21. The summed E-state index contributed by atoms with van der Waals surface area (Å²) in [6.45, 7) is 0. The van der Waals surface area contributed by atoms with Gasteiger partial charge in [-0.2, -0.15) is 0 Å². The summed E-state index contributed by atoms with van der Waals surface area (Å²) in [5.74, 6) is -1.27. The fraction of sp³-hybridized carbons (Fsp3) is 0.438. The fourth-order valence-corrected chi connectivity index (χ4v) is 3.44. The lowest BCUT2D eigenvalue weighted by Crippen LogP contribution is -2.38. The minimum Gasteiger partial charge on any atom is -0.481 e. The molecule has 0 spiro atoms. The molecule has 3 rings (SSSR count). The van der Waals surface area contributed by atoms with Crippen molar-refractivity contribution < 1.29 is 14.3 Å². The first kappa shape index (κ1) is 13.2. The maximum atomic E-state index is 14.8. The number of carboxylic acid groups (broad SMARTS) is 1. The number of aromatic nitrogens is 1. The van der Waals surface area contributed by atoms with Gasteiger partial charge in [-0.1, -0.05) is 25.3 Å². The van der Waals surface area contributed by atoms with Crippen molar-refractivity contribution in [3.05, 3.63) is 35.8 Å². The number of carbonyl (C=O) groups is 1. The third-order valence-electron chi connectivity index (χ3n) is 4.63. The average molecular weight is 275 g/mol. The van der Waals surface area contributed by atoms with Crippen LogP contribution in [0.5, 0.6) is 0 Å². The van der Waals surface area contributed by atoms with E-state index in [9.17, 15) is 14.3 Å². The van der Waals surface area contributed by atoms with Gasteiger partial charge in [-0.15, -0.1) is 0 Å². The highest BCUT2D eigenvalue weighted by Crippen LogP contribution is 2.42. The first-order valence-corrected chi connectivity index (χ1v) is 7.04. The van der Waals surface area contributed by atoms with Crippen LogP contribution in [-0.2, 0) is 17.3 Å². The number of benzene rings is 1. The van der Waals surface area contributed by atoms with Crippen molar-refractivity contribution in [3.63, 3.8) is 0 Å². The van der Waals surface area contributed by atoms with E-state index in [4.69, 9.17) is 0 Å². The Morgan fingerprint density at radius 3 is 2.60 bits per heavy atom. The second-order valence-corrected chi connectivity index (χ2v) is 5.73. The Kier molecular flexibility index (Phi) is 3.04. The second kappa shape index (κ2) is 4.62. The second-order valence-electron chi connectivity index (χ2n) is 5.73. The summed E-state index contributed by atoms with van der Waals surface area (Å²) in [5, 5.41) is 10.2. The standard InChI is InChI=1S/C16H18FNO2/c1-18-10-7-11-13(18)6-5-12(14(11)17)16(15(19)20)8-3-2-4-9-16/h5-7,10H,2-4,8-9H2,1H3,(H,19,20). The van der Waals surface area contributed by atoms with Crippen LogP contribution in [0, 0.1) is 5.82 Å². The minimum atomic E-state index is -1.05. The topological polar surface area (TPSA) is 42.2 Å². The Labute approximate surface area is 117 Å². The van der Waals surface area contributed by atoms with Gasteiger partial charge in [-0.05, 0) is 25.0 Å². The van der Waals surface area contributed by atoms with Gasteiger partial charge in [0.05, 0.1) is 10.9 Å². The summed E-state index contributed by atoms with van der Waals surface area (Å²) in [4.78, 5) is 11.8. The van der Waals surface area contributed by atoms with E-state index < -0.39 is 11.4 Å². The predicted octanol–water partition coefficient (Wildman–Crippen LogP) is 3.60. The highest BCUT2D eigenvalue weighted by molar-refractivity contribution is 5.87. The molecule has 0 aliphatic heterocycles. The molecule has 4 heteroatoms. The quantitative estimate of drug-likeness (QED) is 0.909. The minimum absolute atomic E-state index is 0.350. The van der Waals surface area contributed by atoms with E-state index in [1.165, 1.54) is 0 Å². The monoisotopic (exact) mass is 275 g/mol. The Bertz CT molecular complexity index is 668. The predicted molar refractivity (Wildman–Crippen MR) is 75.3 cm³/mol. The molecule has 1 saturated carbocycles. The van der Waals surface area contributed by atoms with Crippen molar-refractivity contribution in [2.45, 2.75) is 37.5 Å². The van der Waals surface area contributed by atoms with Crippen LogP contribution >= 0.6 is 0 Å². The van der Waals surface area contributed by atoms with Gasteiger partial charge in [0.25, 0.3) is 0 Å². The van der Waals surface area contributed by atoms with Gasteiger partial charge in [0.1, 0.15) is 5.82 Å². The van der Waals surface area contributed by atoms with E-state index in [0.717, 1.165) is 24.8 Å². The maximum absolute atomic E-state index is 14.8. The van der Waals surface area contributed by atoms with Crippen LogP contribution in [0.1, 0.15) is 37.7 Å². The third kappa shape index (κ3) is 1.74. The molecular formula is C16H18FNO2. The molecule has 1 aromatic carbocycles. The molecule has 1 fully saturated rings. The zero-order valence-electron chi connectivity index (χ0n) is 11.5. The molecule has 1 N–H and O–H groups in total. The Balaban J connectivity index is 2.21. The molecule has 0 bridgehead atoms. The highest BCUT2D eigenvalue weighted by atomic mass is 19.1. The van der Waals surface area contributed by atoms with Gasteiger partial charge in [0, 0.05) is 24.2 Å². The molecule has 0 unspecified atom stereocenters. The number of carboxylic acids is 1. The van der Waals surface area contributed by atoms with E-state index in [1.807, 2.05) is 17.7 Å². The molecule has 1 aromatic heterocycles. The number of aryl methyl sites for hydroxylation is 1. The summed E-state index contributed by atoms with van der Waals surface area (Å²) < 4.78 is 16.6. The summed E-state index contributed by atoms with van der Waals surface area (Å²) in [6.07, 6.45) is 5.57. The van der Waals surface area contributed by atoms with Crippen LogP contribution in [0.4, 0.5) is 4.39 Å². The number of nitrogens with zero attached hydrogens (tertiary/aromatic N) is 1. The molecule has 20 heavy (non-hydrogen) atoms. The van der Waals surface area contributed by atoms with E-state index >= 15 is 0 Å². The summed E-state index contributed by atoms with van der Waals surface area (Å²) in [7, 11) is 1.86. The molecular weight excluding hydrogens is 257 g/mol. The van der Waals surface area contributed by atoms with Crippen molar-refractivity contribution in [2.24, 2.45) is 7.05 Å². The zero-order valence-corrected chi connectivity index (χ0v) is 11.5. The fourth-order valence-electron chi connectivity index (χ4n) is 3.44. The van der Waals surface area contributed by atoms with Crippen LogP contribution in [0.2, 0.25) is 0 Å². The van der Waals surface area contributed by atoms with Gasteiger partial charge < -0.3 is 9.67 Å². The van der Waals surface area contributed by atoms with Gasteiger partial charge in [0.2, 0.25) is 0 Å². The van der Waals surface area contributed by atoms with Gasteiger partial charge in [-0.3, -0.25) is 4.79 Å². The van der Waals surface area contributed by atoms with Crippen LogP contribution in [0.3, 0.4) is 0 Å². The third-order valence-corrected chi connectivity index (χ3v) is 4.63. The van der Waals surface area contributed by atoms with E-state index in [2.05, 4.69) is 0 Å². The first-order chi connectivity index (χ1) is 9.56. The molecule has 0 amide bonds. The number of hydrogen-bond acceptors (Lipinski definition) is 1. The molecule has 3 nitrogen and oxygen atoms in total. The van der Waals surface area contributed by atoms with Crippen LogP contribution < -0.4 is 0 Å². The average Bonchev–Trinajstić information content (AvgIpc) is 2.82. The molecule has 0 saturated heterocycles. The number of halogens is 1.